The molecule has 0 unspecified atom stereocenters. The number of para-hydroxylation sites is 1. The number of benzene rings is 2. The minimum Gasteiger partial charge on any atom is -0.310 e. The molecule has 0 radical (unpaired) electrons. The molecule has 4 rings (SSSR count). The Hall–Kier alpha value is -3.21. The summed E-state index contributed by atoms with van der Waals surface area (Å²) in [5.41, 5.74) is 4.73. The Morgan fingerprint density at radius 1 is 1.08 bits per heavy atom. The van der Waals surface area contributed by atoms with Gasteiger partial charge in [-0.15, -0.1) is 0 Å². The first-order valence-electron chi connectivity index (χ1n) is 8.20. The molecule has 25 heavy (non-hydrogen) atoms. The van der Waals surface area contributed by atoms with Gasteiger partial charge in [0.15, 0.2) is 5.65 Å². The fourth-order valence-electron chi connectivity index (χ4n) is 3.04. The van der Waals surface area contributed by atoms with Gasteiger partial charge in [0.2, 0.25) is 0 Å². The number of hydrogen-bond acceptors (Lipinski definition) is 3. The van der Waals surface area contributed by atoms with E-state index in [1.807, 2.05) is 43.3 Å². The zero-order valence-corrected chi connectivity index (χ0v) is 14.2. The number of fused-ring (bicyclic) bond motifs is 1. The third-order valence-corrected chi connectivity index (χ3v) is 4.28. The van der Waals surface area contributed by atoms with Gasteiger partial charge in [-0.2, -0.15) is 5.10 Å². The quantitative estimate of drug-likeness (QED) is 0.627. The van der Waals surface area contributed by atoms with Crippen LogP contribution in [-0.2, 0) is 6.42 Å². The molecule has 0 amide bonds. The number of H-pyrrole nitrogens is 1. The maximum atomic E-state index is 12.4. The van der Waals surface area contributed by atoms with Crippen LogP contribution in [0.4, 0.5) is 0 Å². The third kappa shape index (κ3) is 2.85. The molecule has 0 fully saturated rings. The molecule has 0 aliphatic carbocycles. The Morgan fingerprint density at radius 2 is 1.92 bits per heavy atom. The molecule has 2 aromatic heterocycles. The first-order valence-corrected chi connectivity index (χ1v) is 8.20. The lowest BCUT2D eigenvalue weighted by molar-refractivity contribution is 0.873. The fraction of sp³-hybridized carbons (Fsp3) is 0.150. The largest absolute Gasteiger partial charge is 0.310 e. The maximum Gasteiger partial charge on any atom is 0.262 e. The van der Waals surface area contributed by atoms with Crippen LogP contribution in [0.25, 0.3) is 16.7 Å². The van der Waals surface area contributed by atoms with E-state index in [-0.39, 0.29) is 5.56 Å². The highest BCUT2D eigenvalue weighted by molar-refractivity contribution is 5.75. The molecule has 1 N–H and O–H groups in total. The Labute approximate surface area is 145 Å². The molecular weight excluding hydrogens is 312 g/mol. The van der Waals surface area contributed by atoms with Crippen LogP contribution in [0.1, 0.15) is 22.5 Å². The topological polar surface area (TPSA) is 63.6 Å². The van der Waals surface area contributed by atoms with Crippen molar-refractivity contribution >= 4 is 11.0 Å². The van der Waals surface area contributed by atoms with Gasteiger partial charge in [-0.05, 0) is 31.0 Å². The van der Waals surface area contributed by atoms with Gasteiger partial charge in [-0.3, -0.25) is 4.79 Å². The second-order valence-electron chi connectivity index (χ2n) is 6.26. The summed E-state index contributed by atoms with van der Waals surface area (Å²) in [5, 5.41) is 4.88. The minimum absolute atomic E-state index is 0.160. The Kier molecular flexibility index (Phi) is 3.69. The van der Waals surface area contributed by atoms with E-state index in [9.17, 15) is 4.79 Å². The van der Waals surface area contributed by atoms with E-state index in [1.54, 1.807) is 10.9 Å². The summed E-state index contributed by atoms with van der Waals surface area (Å²) in [7, 11) is 0. The van der Waals surface area contributed by atoms with Gasteiger partial charge in [0.25, 0.3) is 5.56 Å². The van der Waals surface area contributed by atoms with Crippen molar-refractivity contribution in [3.63, 3.8) is 0 Å². The predicted octanol–water partition coefficient (Wildman–Crippen LogP) is 3.32. The van der Waals surface area contributed by atoms with Crippen LogP contribution in [0.5, 0.6) is 0 Å². The number of aromatic amines is 1. The van der Waals surface area contributed by atoms with Crippen LogP contribution in [0.2, 0.25) is 0 Å². The van der Waals surface area contributed by atoms with E-state index in [0.717, 1.165) is 16.8 Å². The molecule has 5 heteroatoms. The van der Waals surface area contributed by atoms with Crippen molar-refractivity contribution in [2.75, 3.05) is 0 Å². The monoisotopic (exact) mass is 330 g/mol. The summed E-state index contributed by atoms with van der Waals surface area (Å²) in [4.78, 5) is 20.0. The summed E-state index contributed by atoms with van der Waals surface area (Å²) in [6.07, 6.45) is 2.15. The summed E-state index contributed by atoms with van der Waals surface area (Å²) in [6, 6.07) is 16.1. The van der Waals surface area contributed by atoms with Crippen LogP contribution in [0.3, 0.4) is 0 Å². The Balaban J connectivity index is 1.84. The van der Waals surface area contributed by atoms with E-state index in [2.05, 4.69) is 34.1 Å². The highest BCUT2D eigenvalue weighted by Gasteiger charge is 2.13. The van der Waals surface area contributed by atoms with Crippen molar-refractivity contribution in [2.24, 2.45) is 0 Å². The van der Waals surface area contributed by atoms with E-state index >= 15 is 0 Å². The normalized spacial score (nSPS) is 11.1. The van der Waals surface area contributed by atoms with Crippen LogP contribution >= 0.6 is 0 Å². The molecule has 0 atom stereocenters. The van der Waals surface area contributed by atoms with Crippen LogP contribution in [-0.4, -0.2) is 19.7 Å². The average Bonchev–Trinajstić information content (AvgIpc) is 2.99. The SMILES string of the molecule is Cc1cccc(Cc2nc3c(cnn3-c3ccccc3C)c(=O)[nH]2)c1. The van der Waals surface area contributed by atoms with Crippen molar-refractivity contribution in [1.82, 2.24) is 19.7 Å². The molecule has 2 heterocycles. The first-order chi connectivity index (χ1) is 12.1. The molecular formula is C20H18N4O. The highest BCUT2D eigenvalue weighted by Crippen LogP contribution is 2.18. The number of aryl methyl sites for hydroxylation is 2. The molecule has 2 aromatic carbocycles. The fourth-order valence-corrected chi connectivity index (χ4v) is 3.04. The van der Waals surface area contributed by atoms with Crippen molar-refractivity contribution in [1.29, 1.82) is 0 Å². The van der Waals surface area contributed by atoms with Crippen molar-refractivity contribution in [3.05, 3.63) is 87.6 Å². The molecule has 4 aromatic rings. The minimum atomic E-state index is -0.160. The lowest BCUT2D eigenvalue weighted by atomic mass is 10.1. The second-order valence-corrected chi connectivity index (χ2v) is 6.26. The molecule has 0 aliphatic heterocycles. The van der Waals surface area contributed by atoms with Gasteiger partial charge in [0, 0.05) is 6.42 Å². The summed E-state index contributed by atoms with van der Waals surface area (Å²) >= 11 is 0. The van der Waals surface area contributed by atoms with Gasteiger partial charge >= 0.3 is 0 Å². The van der Waals surface area contributed by atoms with E-state index < -0.39 is 0 Å². The number of rotatable bonds is 3. The molecule has 124 valence electrons. The Bertz CT molecular complexity index is 1120. The number of nitrogens with zero attached hydrogens (tertiary/aromatic N) is 3. The number of aromatic nitrogens is 4. The summed E-state index contributed by atoms with van der Waals surface area (Å²) in [6.45, 7) is 4.07. The summed E-state index contributed by atoms with van der Waals surface area (Å²) < 4.78 is 1.74. The van der Waals surface area contributed by atoms with Crippen LogP contribution in [0.15, 0.2) is 59.5 Å². The van der Waals surface area contributed by atoms with Crippen molar-refractivity contribution < 1.29 is 0 Å². The first kappa shape index (κ1) is 15.3. The average molecular weight is 330 g/mol. The smallest absolute Gasteiger partial charge is 0.262 e. The predicted molar refractivity (Wildman–Crippen MR) is 98.2 cm³/mol. The molecule has 0 saturated carbocycles. The van der Waals surface area contributed by atoms with Gasteiger partial charge in [0.05, 0.1) is 11.9 Å². The van der Waals surface area contributed by atoms with E-state index in [0.29, 0.717) is 23.3 Å². The lowest BCUT2D eigenvalue weighted by Crippen LogP contribution is -2.13. The van der Waals surface area contributed by atoms with E-state index in [4.69, 9.17) is 0 Å². The molecule has 5 nitrogen and oxygen atoms in total. The van der Waals surface area contributed by atoms with Gasteiger partial charge in [-0.25, -0.2) is 9.67 Å². The standard InChI is InChI=1S/C20H18N4O/c1-13-6-5-8-15(10-13)11-18-22-19-16(20(25)23-18)12-21-24(19)17-9-4-3-7-14(17)2/h3-10,12H,11H2,1-2H3,(H,22,23,25). The van der Waals surface area contributed by atoms with Crippen molar-refractivity contribution in [3.8, 4) is 5.69 Å². The lowest BCUT2D eigenvalue weighted by Gasteiger charge is -2.07. The molecule has 0 bridgehead atoms. The molecule has 0 aliphatic rings. The third-order valence-electron chi connectivity index (χ3n) is 4.28. The number of nitrogens with one attached hydrogen (secondary N) is 1. The van der Waals surface area contributed by atoms with Crippen LogP contribution in [0, 0.1) is 13.8 Å². The van der Waals surface area contributed by atoms with E-state index in [1.165, 1.54) is 5.56 Å². The molecule has 0 spiro atoms. The molecule has 0 saturated heterocycles. The zero-order chi connectivity index (χ0) is 17.4. The van der Waals surface area contributed by atoms with Gasteiger partial charge in [-0.1, -0.05) is 48.0 Å². The number of hydrogen-bond donors (Lipinski definition) is 1. The second kappa shape index (κ2) is 6.02. The van der Waals surface area contributed by atoms with Crippen molar-refractivity contribution in [2.45, 2.75) is 20.3 Å². The van der Waals surface area contributed by atoms with Gasteiger partial charge in [0.1, 0.15) is 11.2 Å². The highest BCUT2D eigenvalue weighted by atomic mass is 16.1. The Morgan fingerprint density at radius 3 is 2.72 bits per heavy atom. The zero-order valence-electron chi connectivity index (χ0n) is 14.2. The van der Waals surface area contributed by atoms with Crippen LogP contribution < -0.4 is 5.56 Å². The van der Waals surface area contributed by atoms with Gasteiger partial charge < -0.3 is 4.98 Å². The maximum absolute atomic E-state index is 12.4. The summed E-state index contributed by atoms with van der Waals surface area (Å²) in [5.74, 6) is 0.637.